The van der Waals surface area contributed by atoms with Crippen LogP contribution in [0.4, 0.5) is 0 Å². The fraction of sp³-hybridized carbons (Fsp3) is 0.278. The van der Waals surface area contributed by atoms with Crippen LogP contribution in [-0.4, -0.2) is 29.6 Å². The molecule has 0 atom stereocenters. The lowest BCUT2D eigenvalue weighted by molar-refractivity contribution is -0.137. The van der Waals surface area contributed by atoms with Crippen LogP contribution in [-0.2, 0) is 11.3 Å². The van der Waals surface area contributed by atoms with Crippen molar-refractivity contribution in [2.45, 2.75) is 19.9 Å². The van der Waals surface area contributed by atoms with Crippen molar-refractivity contribution in [2.24, 2.45) is 0 Å². The predicted octanol–water partition coefficient (Wildman–Crippen LogP) is 3.57. The van der Waals surface area contributed by atoms with Gasteiger partial charge in [-0.25, -0.2) is 0 Å². The fourth-order valence-electron chi connectivity index (χ4n) is 2.27. The maximum atomic E-state index is 10.6. The van der Waals surface area contributed by atoms with Gasteiger partial charge >= 0.3 is 5.97 Å². The van der Waals surface area contributed by atoms with Crippen LogP contribution in [0.5, 0.6) is 0 Å². The average Bonchev–Trinajstić information content (AvgIpc) is 2.46. The van der Waals surface area contributed by atoms with Gasteiger partial charge in [-0.1, -0.05) is 48.0 Å². The number of aryl methyl sites for hydroxylation is 1. The summed E-state index contributed by atoms with van der Waals surface area (Å²) in [7, 11) is 1.95. The van der Waals surface area contributed by atoms with Crippen molar-refractivity contribution in [1.82, 2.24) is 4.90 Å². The first-order chi connectivity index (χ1) is 10.0. The van der Waals surface area contributed by atoms with Crippen molar-refractivity contribution >= 4 is 5.97 Å². The van der Waals surface area contributed by atoms with Gasteiger partial charge < -0.3 is 10.0 Å². The normalized spacial score (nSPS) is 10.8. The molecule has 0 aliphatic carbocycles. The Morgan fingerprint density at radius 3 is 2.48 bits per heavy atom. The highest BCUT2D eigenvalue weighted by Gasteiger charge is 2.05. The summed E-state index contributed by atoms with van der Waals surface area (Å²) in [5.41, 5.74) is 4.85. The van der Waals surface area contributed by atoms with Crippen molar-refractivity contribution in [3.05, 3.63) is 59.7 Å². The van der Waals surface area contributed by atoms with Crippen molar-refractivity contribution in [3.63, 3.8) is 0 Å². The highest BCUT2D eigenvalue weighted by atomic mass is 16.4. The van der Waals surface area contributed by atoms with Gasteiger partial charge in [-0.2, -0.15) is 0 Å². The van der Waals surface area contributed by atoms with Gasteiger partial charge in [0.2, 0.25) is 0 Å². The minimum absolute atomic E-state index is 0.175. The smallest absolute Gasteiger partial charge is 0.304 e. The molecule has 0 aromatic heterocycles. The van der Waals surface area contributed by atoms with Gasteiger partial charge in [0, 0.05) is 13.1 Å². The maximum absolute atomic E-state index is 10.6. The van der Waals surface area contributed by atoms with Gasteiger partial charge in [0.25, 0.3) is 0 Å². The third kappa shape index (κ3) is 4.72. The fourth-order valence-corrected chi connectivity index (χ4v) is 2.27. The Morgan fingerprint density at radius 2 is 1.81 bits per heavy atom. The Labute approximate surface area is 125 Å². The van der Waals surface area contributed by atoms with Crippen LogP contribution in [0.1, 0.15) is 17.5 Å². The number of aliphatic carboxylic acids is 1. The molecule has 0 aliphatic rings. The molecule has 0 heterocycles. The van der Waals surface area contributed by atoms with E-state index in [0.29, 0.717) is 6.54 Å². The molecule has 0 amide bonds. The quantitative estimate of drug-likeness (QED) is 0.881. The SMILES string of the molecule is Cc1ccc(-c2cccc(CN(C)CCC(=O)O)c2)cc1. The molecule has 110 valence electrons. The summed E-state index contributed by atoms with van der Waals surface area (Å²) in [6.07, 6.45) is 0.175. The van der Waals surface area contributed by atoms with Crippen molar-refractivity contribution < 1.29 is 9.90 Å². The summed E-state index contributed by atoms with van der Waals surface area (Å²) in [6, 6.07) is 16.9. The second kappa shape index (κ2) is 7.04. The molecule has 0 saturated heterocycles. The third-order valence-electron chi connectivity index (χ3n) is 3.47. The number of carboxylic acid groups (broad SMARTS) is 1. The van der Waals surface area contributed by atoms with Crippen LogP contribution in [0.3, 0.4) is 0 Å². The molecule has 0 fully saturated rings. The second-order valence-corrected chi connectivity index (χ2v) is 5.45. The summed E-state index contributed by atoms with van der Waals surface area (Å²) in [5.74, 6) is -0.754. The molecule has 0 saturated carbocycles. The molecule has 2 aromatic carbocycles. The van der Waals surface area contributed by atoms with Crippen molar-refractivity contribution in [2.75, 3.05) is 13.6 Å². The Kier molecular flexibility index (Phi) is 5.12. The van der Waals surface area contributed by atoms with Gasteiger partial charge in [0.05, 0.1) is 6.42 Å². The molecule has 3 heteroatoms. The van der Waals surface area contributed by atoms with E-state index in [2.05, 4.69) is 55.5 Å². The zero-order chi connectivity index (χ0) is 15.2. The number of rotatable bonds is 6. The predicted molar refractivity (Wildman–Crippen MR) is 85.2 cm³/mol. The summed E-state index contributed by atoms with van der Waals surface area (Å²) in [5, 5.41) is 8.72. The van der Waals surface area contributed by atoms with Gasteiger partial charge in [0.15, 0.2) is 0 Å². The van der Waals surface area contributed by atoms with Gasteiger partial charge in [0.1, 0.15) is 0 Å². The van der Waals surface area contributed by atoms with Gasteiger partial charge in [-0.15, -0.1) is 0 Å². The molecule has 0 aliphatic heterocycles. The van der Waals surface area contributed by atoms with Crippen LogP contribution < -0.4 is 0 Å². The largest absolute Gasteiger partial charge is 0.481 e. The second-order valence-electron chi connectivity index (χ2n) is 5.45. The summed E-state index contributed by atoms with van der Waals surface area (Å²) in [4.78, 5) is 12.6. The van der Waals surface area contributed by atoms with E-state index in [1.54, 1.807) is 0 Å². The summed E-state index contributed by atoms with van der Waals surface area (Å²) < 4.78 is 0. The molecule has 0 unspecified atom stereocenters. The zero-order valence-electron chi connectivity index (χ0n) is 12.5. The number of hydrogen-bond donors (Lipinski definition) is 1. The van der Waals surface area contributed by atoms with Crippen molar-refractivity contribution in [3.8, 4) is 11.1 Å². The number of benzene rings is 2. The Balaban J connectivity index is 2.07. The highest BCUT2D eigenvalue weighted by molar-refractivity contribution is 5.67. The first-order valence-electron chi connectivity index (χ1n) is 7.11. The van der Waals surface area contributed by atoms with E-state index >= 15 is 0 Å². The number of hydrogen-bond acceptors (Lipinski definition) is 2. The lowest BCUT2D eigenvalue weighted by atomic mass is 10.0. The molecular weight excluding hydrogens is 262 g/mol. The lowest BCUT2D eigenvalue weighted by Crippen LogP contribution is -2.21. The molecule has 3 nitrogen and oxygen atoms in total. The van der Waals surface area contributed by atoms with E-state index in [-0.39, 0.29) is 6.42 Å². The maximum Gasteiger partial charge on any atom is 0.304 e. The van der Waals surface area contributed by atoms with Crippen LogP contribution in [0.2, 0.25) is 0 Å². The molecule has 2 rings (SSSR count). The van der Waals surface area contributed by atoms with Gasteiger partial charge in [-0.05, 0) is 36.7 Å². The molecule has 1 N–H and O–H groups in total. The zero-order valence-corrected chi connectivity index (χ0v) is 12.5. The monoisotopic (exact) mass is 283 g/mol. The number of carbonyl (C=O) groups is 1. The first-order valence-corrected chi connectivity index (χ1v) is 7.11. The molecule has 21 heavy (non-hydrogen) atoms. The van der Waals surface area contributed by atoms with Crippen LogP contribution in [0, 0.1) is 6.92 Å². The van der Waals surface area contributed by atoms with E-state index < -0.39 is 5.97 Å². The van der Waals surface area contributed by atoms with E-state index in [4.69, 9.17) is 5.11 Å². The number of nitrogens with zero attached hydrogens (tertiary/aromatic N) is 1. The van der Waals surface area contributed by atoms with E-state index in [1.165, 1.54) is 22.3 Å². The Bertz CT molecular complexity index is 605. The van der Waals surface area contributed by atoms with E-state index in [1.807, 2.05) is 11.9 Å². The Morgan fingerprint density at radius 1 is 1.10 bits per heavy atom. The van der Waals surface area contributed by atoms with Crippen molar-refractivity contribution in [1.29, 1.82) is 0 Å². The lowest BCUT2D eigenvalue weighted by Gasteiger charge is -2.16. The minimum Gasteiger partial charge on any atom is -0.481 e. The number of carboxylic acids is 1. The molecule has 2 aromatic rings. The summed E-state index contributed by atoms with van der Waals surface area (Å²) >= 11 is 0. The topological polar surface area (TPSA) is 40.5 Å². The molecule has 0 radical (unpaired) electrons. The first kappa shape index (κ1) is 15.3. The highest BCUT2D eigenvalue weighted by Crippen LogP contribution is 2.21. The average molecular weight is 283 g/mol. The minimum atomic E-state index is -0.754. The standard InChI is InChI=1S/C18H21NO2/c1-14-6-8-16(9-7-14)17-5-3-4-15(12-17)13-19(2)11-10-18(20)21/h3-9,12H,10-11,13H2,1-2H3,(H,20,21). The van der Waals surface area contributed by atoms with Crippen LogP contribution >= 0.6 is 0 Å². The molecule has 0 spiro atoms. The molecular formula is C18H21NO2. The van der Waals surface area contributed by atoms with Crippen LogP contribution in [0.25, 0.3) is 11.1 Å². The molecule has 0 bridgehead atoms. The van der Waals surface area contributed by atoms with E-state index in [0.717, 1.165) is 6.54 Å². The Hall–Kier alpha value is -2.13. The van der Waals surface area contributed by atoms with Crippen LogP contribution in [0.15, 0.2) is 48.5 Å². The van der Waals surface area contributed by atoms with Gasteiger partial charge in [-0.3, -0.25) is 4.79 Å². The summed E-state index contributed by atoms with van der Waals surface area (Å²) in [6.45, 7) is 3.40. The third-order valence-corrected chi connectivity index (χ3v) is 3.47. The van der Waals surface area contributed by atoms with E-state index in [9.17, 15) is 4.79 Å².